The van der Waals surface area contributed by atoms with Crippen molar-refractivity contribution in [3.05, 3.63) is 24.3 Å². The Bertz CT molecular complexity index is 405. The van der Waals surface area contributed by atoms with Crippen molar-refractivity contribution >= 4 is 18.3 Å². The molecular formula is C12H19BN2O2. The van der Waals surface area contributed by atoms with E-state index in [4.69, 9.17) is 15.2 Å². The molecule has 0 aliphatic carbocycles. The molecule has 0 amide bonds. The van der Waals surface area contributed by atoms with Gasteiger partial charge in [-0.15, -0.1) is 0 Å². The van der Waals surface area contributed by atoms with Crippen molar-refractivity contribution in [2.45, 2.75) is 38.9 Å². The minimum atomic E-state index is -0.382. The number of benzene rings is 1. The van der Waals surface area contributed by atoms with Crippen LogP contribution >= 0.6 is 0 Å². The number of hydrogen-bond acceptors (Lipinski definition) is 4. The SMILES string of the molecule is CC1(C)OB(c2ccccc2NN)OC1(C)C. The van der Waals surface area contributed by atoms with E-state index in [1.54, 1.807) is 0 Å². The molecule has 0 atom stereocenters. The molecule has 1 aliphatic heterocycles. The van der Waals surface area contributed by atoms with E-state index in [-0.39, 0.29) is 18.3 Å². The second kappa shape index (κ2) is 4.01. The van der Waals surface area contributed by atoms with E-state index in [1.807, 2.05) is 52.0 Å². The Labute approximate surface area is 103 Å². The lowest BCUT2D eigenvalue weighted by atomic mass is 9.78. The van der Waals surface area contributed by atoms with Crippen molar-refractivity contribution in [1.82, 2.24) is 0 Å². The van der Waals surface area contributed by atoms with Crippen LogP contribution in [0.1, 0.15) is 27.7 Å². The molecule has 0 bridgehead atoms. The van der Waals surface area contributed by atoms with Gasteiger partial charge in [-0.25, -0.2) is 0 Å². The average molecular weight is 234 g/mol. The fourth-order valence-corrected chi connectivity index (χ4v) is 1.80. The molecule has 2 rings (SSSR count). The lowest BCUT2D eigenvalue weighted by Gasteiger charge is -2.32. The summed E-state index contributed by atoms with van der Waals surface area (Å²) in [6.45, 7) is 8.13. The van der Waals surface area contributed by atoms with Crippen molar-refractivity contribution in [1.29, 1.82) is 0 Å². The number of hydrazine groups is 1. The van der Waals surface area contributed by atoms with Gasteiger partial charge < -0.3 is 14.7 Å². The molecular weight excluding hydrogens is 215 g/mol. The lowest BCUT2D eigenvalue weighted by molar-refractivity contribution is 0.00578. The second-order valence-corrected chi connectivity index (χ2v) is 5.32. The maximum atomic E-state index is 5.97. The predicted octanol–water partition coefficient (Wildman–Crippen LogP) is 1.27. The molecule has 4 nitrogen and oxygen atoms in total. The minimum absolute atomic E-state index is 0.334. The van der Waals surface area contributed by atoms with Crippen LogP contribution in [-0.2, 0) is 9.31 Å². The standard InChI is InChI=1S/C12H19BN2O2/c1-11(2)12(3,4)17-13(16-11)9-7-5-6-8-10(9)15-14/h5-8,15H,14H2,1-4H3. The highest BCUT2D eigenvalue weighted by molar-refractivity contribution is 6.63. The highest BCUT2D eigenvalue weighted by atomic mass is 16.7. The van der Waals surface area contributed by atoms with Gasteiger partial charge in [0.05, 0.1) is 11.2 Å². The zero-order valence-corrected chi connectivity index (χ0v) is 10.8. The molecule has 5 heteroatoms. The number of hydrogen-bond donors (Lipinski definition) is 2. The molecule has 0 radical (unpaired) electrons. The van der Waals surface area contributed by atoms with Crippen LogP contribution in [0.25, 0.3) is 0 Å². The summed E-state index contributed by atoms with van der Waals surface area (Å²) < 4.78 is 11.9. The third kappa shape index (κ3) is 2.06. The molecule has 1 aromatic carbocycles. The molecule has 1 fully saturated rings. The lowest BCUT2D eigenvalue weighted by Crippen LogP contribution is -2.41. The summed E-state index contributed by atoms with van der Waals surface area (Å²) in [5.74, 6) is 5.49. The first kappa shape index (κ1) is 12.4. The third-order valence-electron chi connectivity index (χ3n) is 3.62. The predicted molar refractivity (Wildman–Crippen MR) is 70.0 cm³/mol. The minimum Gasteiger partial charge on any atom is -0.399 e. The first-order valence-corrected chi connectivity index (χ1v) is 5.78. The van der Waals surface area contributed by atoms with Gasteiger partial charge in [-0.05, 0) is 33.8 Å². The van der Waals surface area contributed by atoms with E-state index >= 15 is 0 Å². The first-order chi connectivity index (χ1) is 7.87. The molecule has 3 N–H and O–H groups in total. The summed E-state index contributed by atoms with van der Waals surface area (Å²) in [5, 5.41) is 0. The monoisotopic (exact) mass is 234 g/mol. The fourth-order valence-electron chi connectivity index (χ4n) is 1.80. The smallest absolute Gasteiger partial charge is 0.399 e. The molecule has 1 aromatic rings. The van der Waals surface area contributed by atoms with Gasteiger partial charge in [-0.3, -0.25) is 5.84 Å². The highest BCUT2D eigenvalue weighted by Crippen LogP contribution is 2.36. The summed E-state index contributed by atoms with van der Waals surface area (Å²) in [7, 11) is -0.382. The van der Waals surface area contributed by atoms with Crippen LogP contribution in [0.4, 0.5) is 5.69 Å². The van der Waals surface area contributed by atoms with Gasteiger partial charge in [0.15, 0.2) is 0 Å². The topological polar surface area (TPSA) is 56.5 Å². The van der Waals surface area contributed by atoms with Crippen molar-refractivity contribution < 1.29 is 9.31 Å². The van der Waals surface area contributed by atoms with E-state index < -0.39 is 0 Å². The maximum Gasteiger partial charge on any atom is 0.497 e. The third-order valence-corrected chi connectivity index (χ3v) is 3.62. The van der Waals surface area contributed by atoms with Gasteiger partial charge in [0.1, 0.15) is 0 Å². The van der Waals surface area contributed by atoms with Crippen LogP contribution in [-0.4, -0.2) is 18.3 Å². The molecule has 0 unspecified atom stereocenters. The Balaban J connectivity index is 2.32. The summed E-state index contributed by atoms with van der Waals surface area (Å²) in [4.78, 5) is 0. The summed E-state index contributed by atoms with van der Waals surface area (Å²) in [5.41, 5.74) is 3.75. The molecule has 1 saturated heterocycles. The van der Waals surface area contributed by atoms with Crippen LogP contribution in [0.5, 0.6) is 0 Å². The molecule has 1 aliphatic rings. The average Bonchev–Trinajstić information content (AvgIpc) is 2.48. The van der Waals surface area contributed by atoms with Gasteiger partial charge in [0.2, 0.25) is 0 Å². The van der Waals surface area contributed by atoms with Crippen molar-refractivity contribution in [2.24, 2.45) is 5.84 Å². The zero-order valence-electron chi connectivity index (χ0n) is 10.8. The Kier molecular flexibility index (Phi) is 2.93. The normalized spacial score (nSPS) is 21.6. The maximum absolute atomic E-state index is 5.97. The number of nitrogen functional groups attached to an aromatic ring is 1. The number of nitrogens with one attached hydrogen (secondary N) is 1. The number of anilines is 1. The zero-order chi connectivity index (χ0) is 12.7. The summed E-state index contributed by atoms with van der Waals surface area (Å²) in [6, 6.07) is 7.73. The van der Waals surface area contributed by atoms with E-state index in [1.165, 1.54) is 0 Å². The number of nitrogens with two attached hydrogens (primary N) is 1. The van der Waals surface area contributed by atoms with Crippen molar-refractivity contribution in [2.75, 3.05) is 5.43 Å². The Hall–Kier alpha value is -1.04. The summed E-state index contributed by atoms with van der Waals surface area (Å²) in [6.07, 6.45) is 0. The fraction of sp³-hybridized carbons (Fsp3) is 0.500. The quantitative estimate of drug-likeness (QED) is 0.459. The number of para-hydroxylation sites is 1. The molecule has 0 saturated carbocycles. The van der Waals surface area contributed by atoms with Gasteiger partial charge in [0.25, 0.3) is 0 Å². The van der Waals surface area contributed by atoms with Crippen LogP contribution in [0.2, 0.25) is 0 Å². The highest BCUT2D eigenvalue weighted by Gasteiger charge is 2.52. The molecule has 0 aromatic heterocycles. The van der Waals surface area contributed by atoms with Crippen LogP contribution < -0.4 is 16.7 Å². The second-order valence-electron chi connectivity index (χ2n) is 5.32. The Morgan fingerprint density at radius 3 is 2.12 bits per heavy atom. The van der Waals surface area contributed by atoms with Crippen LogP contribution in [0.3, 0.4) is 0 Å². The van der Waals surface area contributed by atoms with Gasteiger partial charge in [-0.2, -0.15) is 0 Å². The number of rotatable bonds is 2. The van der Waals surface area contributed by atoms with E-state index in [9.17, 15) is 0 Å². The molecule has 1 heterocycles. The van der Waals surface area contributed by atoms with Gasteiger partial charge in [-0.1, -0.05) is 18.2 Å². The largest absolute Gasteiger partial charge is 0.497 e. The van der Waals surface area contributed by atoms with Crippen molar-refractivity contribution in [3.63, 3.8) is 0 Å². The van der Waals surface area contributed by atoms with Crippen LogP contribution in [0.15, 0.2) is 24.3 Å². The summed E-state index contributed by atoms with van der Waals surface area (Å²) >= 11 is 0. The Morgan fingerprint density at radius 2 is 1.59 bits per heavy atom. The van der Waals surface area contributed by atoms with E-state index in [2.05, 4.69) is 5.43 Å². The van der Waals surface area contributed by atoms with Gasteiger partial charge in [0, 0.05) is 11.2 Å². The Morgan fingerprint density at radius 1 is 1.06 bits per heavy atom. The van der Waals surface area contributed by atoms with Gasteiger partial charge >= 0.3 is 7.12 Å². The van der Waals surface area contributed by atoms with E-state index in [0.29, 0.717) is 0 Å². The molecule has 92 valence electrons. The van der Waals surface area contributed by atoms with Crippen LogP contribution in [0, 0.1) is 0 Å². The molecule has 17 heavy (non-hydrogen) atoms. The van der Waals surface area contributed by atoms with E-state index in [0.717, 1.165) is 11.2 Å². The van der Waals surface area contributed by atoms with Crippen molar-refractivity contribution in [3.8, 4) is 0 Å². The first-order valence-electron chi connectivity index (χ1n) is 5.78. The molecule has 0 spiro atoms.